The van der Waals surface area contributed by atoms with Crippen molar-refractivity contribution >= 4 is 11.5 Å². The number of hydrogen-bond donors (Lipinski definition) is 2. The molecule has 1 atom stereocenters. The molecule has 3 N–H and O–H groups in total. The number of nitrogens with one attached hydrogen (secondary N) is 1. The molecule has 1 aromatic rings. The summed E-state index contributed by atoms with van der Waals surface area (Å²) in [7, 11) is 0. The molecule has 1 heterocycles. The van der Waals surface area contributed by atoms with E-state index in [1.54, 1.807) is 6.92 Å². The van der Waals surface area contributed by atoms with Crippen molar-refractivity contribution in [3.8, 4) is 0 Å². The lowest BCUT2D eigenvalue weighted by atomic mass is 10.0. The average molecular weight is 252 g/mol. The normalized spacial score (nSPS) is 12.5. The number of nitrogens with zero attached hydrogens (tertiary/aromatic N) is 2. The first-order valence-corrected chi connectivity index (χ1v) is 6.01. The van der Waals surface area contributed by atoms with Crippen LogP contribution in [0, 0.1) is 23.0 Å². The van der Waals surface area contributed by atoms with E-state index in [1.807, 2.05) is 0 Å². The van der Waals surface area contributed by atoms with E-state index in [1.165, 1.54) is 12.3 Å². The van der Waals surface area contributed by atoms with Crippen molar-refractivity contribution in [3.05, 3.63) is 27.9 Å². The Morgan fingerprint density at radius 2 is 2.22 bits per heavy atom. The van der Waals surface area contributed by atoms with Crippen LogP contribution in [-0.2, 0) is 0 Å². The summed E-state index contributed by atoms with van der Waals surface area (Å²) in [5, 5.41) is 13.8. The van der Waals surface area contributed by atoms with E-state index >= 15 is 0 Å². The molecule has 0 saturated heterocycles. The zero-order chi connectivity index (χ0) is 13.7. The highest BCUT2D eigenvalue weighted by atomic mass is 16.6. The van der Waals surface area contributed by atoms with E-state index in [2.05, 4.69) is 24.1 Å². The largest absolute Gasteiger partial charge is 0.366 e. The molecule has 0 amide bonds. The third-order valence-corrected chi connectivity index (χ3v) is 2.66. The highest BCUT2D eigenvalue weighted by Crippen LogP contribution is 2.19. The van der Waals surface area contributed by atoms with Gasteiger partial charge in [-0.05, 0) is 24.8 Å². The molecular formula is C12H20N4O2. The van der Waals surface area contributed by atoms with Gasteiger partial charge in [0.1, 0.15) is 12.0 Å². The smallest absolute Gasteiger partial charge is 0.287 e. The maximum atomic E-state index is 10.6. The second kappa shape index (κ2) is 6.30. The molecule has 18 heavy (non-hydrogen) atoms. The molecule has 0 aliphatic heterocycles. The predicted molar refractivity (Wildman–Crippen MR) is 71.5 cm³/mol. The lowest BCUT2D eigenvalue weighted by Crippen LogP contribution is -2.30. The molecule has 0 fully saturated rings. The summed E-state index contributed by atoms with van der Waals surface area (Å²) in [4.78, 5) is 14.3. The molecule has 0 spiro atoms. The molecule has 0 aliphatic carbocycles. The Balaban J connectivity index is 2.80. The maximum absolute atomic E-state index is 10.6. The summed E-state index contributed by atoms with van der Waals surface area (Å²) in [6.45, 7) is 6.56. The summed E-state index contributed by atoms with van der Waals surface area (Å²) < 4.78 is 0. The number of aryl methyl sites for hydroxylation is 1. The summed E-state index contributed by atoms with van der Waals surface area (Å²) in [5.74, 6) is 1.20. The lowest BCUT2D eigenvalue weighted by Gasteiger charge is -2.20. The Morgan fingerprint density at radius 1 is 1.56 bits per heavy atom. The molecule has 100 valence electrons. The van der Waals surface area contributed by atoms with E-state index in [0.29, 0.717) is 18.3 Å². The van der Waals surface area contributed by atoms with E-state index in [4.69, 9.17) is 5.73 Å². The molecule has 0 aliphatic rings. The molecule has 0 aromatic carbocycles. The van der Waals surface area contributed by atoms with Gasteiger partial charge in [-0.15, -0.1) is 0 Å². The summed E-state index contributed by atoms with van der Waals surface area (Å²) >= 11 is 0. The fraction of sp³-hybridized carbons (Fsp3) is 0.583. The molecule has 1 aromatic heterocycles. The number of anilines is 1. The zero-order valence-corrected chi connectivity index (χ0v) is 11.0. The van der Waals surface area contributed by atoms with Crippen molar-refractivity contribution in [2.75, 3.05) is 11.9 Å². The van der Waals surface area contributed by atoms with Crippen molar-refractivity contribution in [1.29, 1.82) is 0 Å². The third-order valence-electron chi connectivity index (χ3n) is 2.66. The topological polar surface area (TPSA) is 94.1 Å². The van der Waals surface area contributed by atoms with Crippen LogP contribution in [-0.4, -0.2) is 22.5 Å². The van der Waals surface area contributed by atoms with Gasteiger partial charge in [0.2, 0.25) is 0 Å². The first-order valence-electron chi connectivity index (χ1n) is 6.01. The number of pyridine rings is 1. The Hall–Kier alpha value is -1.69. The van der Waals surface area contributed by atoms with Crippen LogP contribution in [0.5, 0.6) is 0 Å². The minimum absolute atomic E-state index is 0.00575. The molecular weight excluding hydrogens is 232 g/mol. The third kappa shape index (κ3) is 3.96. The van der Waals surface area contributed by atoms with E-state index < -0.39 is 4.92 Å². The van der Waals surface area contributed by atoms with Gasteiger partial charge in [0.05, 0.1) is 4.92 Å². The van der Waals surface area contributed by atoms with E-state index in [-0.39, 0.29) is 11.7 Å². The van der Waals surface area contributed by atoms with Crippen molar-refractivity contribution in [2.24, 2.45) is 11.7 Å². The molecule has 0 saturated carbocycles. The molecule has 1 rings (SSSR count). The van der Waals surface area contributed by atoms with Gasteiger partial charge in [-0.3, -0.25) is 10.1 Å². The van der Waals surface area contributed by atoms with Crippen LogP contribution in [0.1, 0.15) is 25.8 Å². The van der Waals surface area contributed by atoms with Gasteiger partial charge < -0.3 is 11.1 Å². The fourth-order valence-electron chi connectivity index (χ4n) is 1.79. The van der Waals surface area contributed by atoms with Crippen molar-refractivity contribution in [1.82, 2.24) is 4.98 Å². The number of aromatic nitrogens is 1. The Kier molecular flexibility index (Phi) is 5.03. The Bertz CT molecular complexity index is 421. The van der Waals surface area contributed by atoms with Crippen LogP contribution >= 0.6 is 0 Å². The average Bonchev–Trinajstić information content (AvgIpc) is 2.29. The summed E-state index contributed by atoms with van der Waals surface area (Å²) in [5.41, 5.74) is 6.46. The van der Waals surface area contributed by atoms with Crippen LogP contribution < -0.4 is 11.1 Å². The maximum Gasteiger partial charge on any atom is 0.287 e. The second-order valence-corrected chi connectivity index (χ2v) is 4.82. The van der Waals surface area contributed by atoms with Crippen LogP contribution in [0.2, 0.25) is 0 Å². The summed E-state index contributed by atoms with van der Waals surface area (Å²) in [6, 6.07) is 1.65. The first kappa shape index (κ1) is 14.4. The quantitative estimate of drug-likeness (QED) is 0.597. The second-order valence-electron chi connectivity index (χ2n) is 4.82. The highest BCUT2D eigenvalue weighted by Gasteiger charge is 2.13. The zero-order valence-electron chi connectivity index (χ0n) is 11.0. The lowest BCUT2D eigenvalue weighted by molar-refractivity contribution is -0.385. The van der Waals surface area contributed by atoms with Gasteiger partial charge in [0, 0.05) is 18.7 Å². The minimum Gasteiger partial charge on any atom is -0.366 e. The molecule has 6 heteroatoms. The first-order chi connectivity index (χ1) is 8.43. The van der Waals surface area contributed by atoms with Crippen LogP contribution in [0.25, 0.3) is 0 Å². The van der Waals surface area contributed by atoms with Gasteiger partial charge in [-0.25, -0.2) is 4.98 Å². The van der Waals surface area contributed by atoms with Gasteiger partial charge in [-0.1, -0.05) is 13.8 Å². The standard InChI is InChI=1S/C12H20N4O2/c1-8(2)4-10(6-13)15-12-9(3)5-11(7-14-12)16(17)18/h5,7-8,10H,4,6,13H2,1-3H3,(H,14,15). The molecule has 0 radical (unpaired) electrons. The van der Waals surface area contributed by atoms with E-state index in [0.717, 1.165) is 12.0 Å². The van der Waals surface area contributed by atoms with Crippen LogP contribution in [0.3, 0.4) is 0 Å². The van der Waals surface area contributed by atoms with Crippen molar-refractivity contribution in [3.63, 3.8) is 0 Å². The van der Waals surface area contributed by atoms with Gasteiger partial charge >= 0.3 is 0 Å². The van der Waals surface area contributed by atoms with Gasteiger partial charge in [0.15, 0.2) is 0 Å². The summed E-state index contributed by atoms with van der Waals surface area (Å²) in [6.07, 6.45) is 2.20. The number of hydrogen-bond acceptors (Lipinski definition) is 5. The number of nitro groups is 1. The fourth-order valence-corrected chi connectivity index (χ4v) is 1.79. The Labute approximate surface area is 107 Å². The minimum atomic E-state index is -0.446. The van der Waals surface area contributed by atoms with Crippen molar-refractivity contribution in [2.45, 2.75) is 33.2 Å². The highest BCUT2D eigenvalue weighted by molar-refractivity contribution is 5.48. The van der Waals surface area contributed by atoms with Crippen LogP contribution in [0.15, 0.2) is 12.3 Å². The predicted octanol–water partition coefficient (Wildman–Crippen LogP) is 2.08. The SMILES string of the molecule is Cc1cc([N+](=O)[O-])cnc1NC(CN)CC(C)C. The molecule has 1 unspecified atom stereocenters. The number of nitrogens with two attached hydrogens (primary N) is 1. The van der Waals surface area contributed by atoms with Gasteiger partial charge in [-0.2, -0.15) is 0 Å². The van der Waals surface area contributed by atoms with Crippen molar-refractivity contribution < 1.29 is 4.92 Å². The molecule has 0 bridgehead atoms. The molecule has 6 nitrogen and oxygen atoms in total. The monoisotopic (exact) mass is 252 g/mol. The van der Waals surface area contributed by atoms with E-state index in [9.17, 15) is 10.1 Å². The Morgan fingerprint density at radius 3 is 2.67 bits per heavy atom. The number of rotatable bonds is 6. The van der Waals surface area contributed by atoms with Crippen LogP contribution in [0.4, 0.5) is 11.5 Å². The van der Waals surface area contributed by atoms with Gasteiger partial charge in [0.25, 0.3) is 5.69 Å².